The Morgan fingerprint density at radius 3 is 3.12 bits per heavy atom. The van der Waals surface area contributed by atoms with Crippen molar-refractivity contribution in [3.05, 3.63) is 24.2 Å². The molecule has 0 aromatic carbocycles. The maximum atomic E-state index is 6.12. The van der Waals surface area contributed by atoms with Gasteiger partial charge in [0.2, 0.25) is 0 Å². The van der Waals surface area contributed by atoms with Gasteiger partial charge in [-0.1, -0.05) is 6.08 Å². The summed E-state index contributed by atoms with van der Waals surface area (Å²) in [5, 5.41) is 0. The predicted octanol–water partition coefficient (Wildman–Crippen LogP) is 1.85. The van der Waals surface area contributed by atoms with Crippen LogP contribution in [0, 0.1) is 6.92 Å². The van der Waals surface area contributed by atoms with Crippen LogP contribution >= 0.6 is 0 Å². The van der Waals surface area contributed by atoms with Gasteiger partial charge in [-0.2, -0.15) is 0 Å². The van der Waals surface area contributed by atoms with Gasteiger partial charge in [0.15, 0.2) is 0 Å². The molecule has 0 radical (unpaired) electrons. The van der Waals surface area contributed by atoms with Crippen LogP contribution in [0.2, 0.25) is 0 Å². The summed E-state index contributed by atoms with van der Waals surface area (Å²) in [6.07, 6.45) is 4.05. The molecule has 2 N–H and O–H groups in total. The van der Waals surface area contributed by atoms with Gasteiger partial charge < -0.3 is 15.0 Å². The lowest BCUT2D eigenvalue weighted by Crippen LogP contribution is -2.17. The van der Waals surface area contributed by atoms with Gasteiger partial charge in [-0.05, 0) is 19.8 Å². The van der Waals surface area contributed by atoms with Gasteiger partial charge in [-0.15, -0.1) is 6.58 Å². The van der Waals surface area contributed by atoms with Gasteiger partial charge in [0.25, 0.3) is 0 Å². The van der Waals surface area contributed by atoms with Crippen molar-refractivity contribution in [2.75, 3.05) is 18.9 Å². The summed E-state index contributed by atoms with van der Waals surface area (Å²) in [5.41, 5.74) is 7.12. The molecular formula is C12H19N3O. The number of aryl methyl sites for hydroxylation is 1. The molecule has 1 unspecified atom stereocenters. The van der Waals surface area contributed by atoms with Gasteiger partial charge in [-0.3, -0.25) is 0 Å². The standard InChI is InChI=1S/C12H19N3O/c1-3-6-15-9(2)14-11(12(15)13)10-5-4-7-16-8-10/h3,10H,1,4-8,13H2,2H3. The summed E-state index contributed by atoms with van der Waals surface area (Å²) >= 11 is 0. The van der Waals surface area contributed by atoms with Crippen LogP contribution in [0.4, 0.5) is 5.82 Å². The molecule has 1 fully saturated rings. The quantitative estimate of drug-likeness (QED) is 0.792. The van der Waals surface area contributed by atoms with Crippen molar-refractivity contribution < 1.29 is 4.74 Å². The molecule has 0 amide bonds. The van der Waals surface area contributed by atoms with Crippen molar-refractivity contribution in [3.63, 3.8) is 0 Å². The first-order chi connectivity index (χ1) is 7.74. The molecule has 2 heterocycles. The summed E-state index contributed by atoms with van der Waals surface area (Å²) < 4.78 is 7.47. The van der Waals surface area contributed by atoms with E-state index in [0.717, 1.165) is 49.9 Å². The van der Waals surface area contributed by atoms with Crippen LogP contribution in [0.25, 0.3) is 0 Å². The third kappa shape index (κ3) is 1.97. The molecule has 1 aromatic heterocycles. The monoisotopic (exact) mass is 221 g/mol. The highest BCUT2D eigenvalue weighted by atomic mass is 16.5. The molecule has 1 atom stereocenters. The fourth-order valence-corrected chi connectivity index (χ4v) is 2.22. The number of nitrogens with zero attached hydrogens (tertiary/aromatic N) is 2. The fourth-order valence-electron chi connectivity index (χ4n) is 2.22. The summed E-state index contributed by atoms with van der Waals surface area (Å²) in [7, 11) is 0. The average Bonchev–Trinajstić information content (AvgIpc) is 2.59. The largest absolute Gasteiger partial charge is 0.384 e. The van der Waals surface area contributed by atoms with Gasteiger partial charge >= 0.3 is 0 Å². The molecule has 1 aliphatic heterocycles. The van der Waals surface area contributed by atoms with Crippen molar-refractivity contribution >= 4 is 5.82 Å². The van der Waals surface area contributed by atoms with E-state index in [1.165, 1.54) is 0 Å². The molecule has 0 bridgehead atoms. The van der Waals surface area contributed by atoms with E-state index in [9.17, 15) is 0 Å². The van der Waals surface area contributed by atoms with Crippen molar-refractivity contribution in [2.45, 2.75) is 32.2 Å². The van der Waals surface area contributed by atoms with Crippen LogP contribution in [0.1, 0.15) is 30.3 Å². The van der Waals surface area contributed by atoms with E-state index in [0.29, 0.717) is 5.92 Å². The highest BCUT2D eigenvalue weighted by molar-refractivity contribution is 5.41. The molecule has 0 aliphatic carbocycles. The molecular weight excluding hydrogens is 202 g/mol. The molecule has 1 aromatic rings. The number of imidazole rings is 1. The topological polar surface area (TPSA) is 53.1 Å². The Morgan fingerprint density at radius 1 is 1.69 bits per heavy atom. The Balaban J connectivity index is 2.26. The number of hydrogen-bond donors (Lipinski definition) is 1. The summed E-state index contributed by atoms with van der Waals surface area (Å²) in [6, 6.07) is 0. The summed E-state index contributed by atoms with van der Waals surface area (Å²) in [6.45, 7) is 8.04. The lowest BCUT2D eigenvalue weighted by Gasteiger charge is -2.20. The normalized spacial score (nSPS) is 20.9. The first-order valence-electron chi connectivity index (χ1n) is 5.75. The van der Waals surface area contributed by atoms with Crippen LogP contribution in [-0.4, -0.2) is 22.8 Å². The maximum Gasteiger partial charge on any atom is 0.127 e. The van der Waals surface area contributed by atoms with Gasteiger partial charge in [0, 0.05) is 19.1 Å². The summed E-state index contributed by atoms with van der Waals surface area (Å²) in [5.74, 6) is 2.09. The smallest absolute Gasteiger partial charge is 0.127 e. The lowest BCUT2D eigenvalue weighted by atomic mass is 9.98. The van der Waals surface area contributed by atoms with E-state index >= 15 is 0 Å². The van der Waals surface area contributed by atoms with Crippen molar-refractivity contribution in [1.82, 2.24) is 9.55 Å². The molecule has 1 saturated heterocycles. The highest BCUT2D eigenvalue weighted by Crippen LogP contribution is 2.29. The molecule has 2 rings (SSSR count). The number of nitrogen functional groups attached to an aromatic ring is 1. The molecule has 0 spiro atoms. The van der Waals surface area contributed by atoms with E-state index in [4.69, 9.17) is 10.5 Å². The number of hydrogen-bond acceptors (Lipinski definition) is 3. The van der Waals surface area contributed by atoms with Gasteiger partial charge in [0.1, 0.15) is 11.6 Å². The Kier molecular flexibility index (Phi) is 3.29. The second-order valence-corrected chi connectivity index (χ2v) is 4.24. The average molecular weight is 221 g/mol. The highest BCUT2D eigenvalue weighted by Gasteiger charge is 2.23. The number of rotatable bonds is 3. The Labute approximate surface area is 96.1 Å². The Morgan fingerprint density at radius 2 is 2.50 bits per heavy atom. The van der Waals surface area contributed by atoms with Crippen LogP contribution in [0.15, 0.2) is 12.7 Å². The third-order valence-corrected chi connectivity index (χ3v) is 3.08. The lowest BCUT2D eigenvalue weighted by molar-refractivity contribution is 0.0796. The second-order valence-electron chi connectivity index (χ2n) is 4.24. The summed E-state index contributed by atoms with van der Waals surface area (Å²) in [4.78, 5) is 4.56. The molecule has 16 heavy (non-hydrogen) atoms. The molecule has 1 aliphatic rings. The zero-order chi connectivity index (χ0) is 11.5. The number of ether oxygens (including phenoxy) is 1. The van der Waals surface area contributed by atoms with Crippen molar-refractivity contribution in [2.24, 2.45) is 0 Å². The molecule has 0 saturated carbocycles. The fraction of sp³-hybridized carbons (Fsp3) is 0.583. The van der Waals surface area contributed by atoms with Gasteiger partial charge in [-0.25, -0.2) is 4.98 Å². The van der Waals surface area contributed by atoms with Crippen molar-refractivity contribution in [1.29, 1.82) is 0 Å². The molecule has 4 heteroatoms. The first kappa shape index (κ1) is 11.2. The van der Waals surface area contributed by atoms with Crippen molar-refractivity contribution in [3.8, 4) is 0 Å². The third-order valence-electron chi connectivity index (χ3n) is 3.08. The SMILES string of the molecule is C=CCn1c(C)nc(C2CCCOC2)c1N. The van der Waals surface area contributed by atoms with E-state index in [-0.39, 0.29) is 0 Å². The maximum absolute atomic E-state index is 6.12. The second kappa shape index (κ2) is 4.70. The van der Waals surface area contributed by atoms with E-state index in [2.05, 4.69) is 11.6 Å². The number of nitrogens with two attached hydrogens (primary N) is 1. The van der Waals surface area contributed by atoms with Crippen LogP contribution < -0.4 is 5.73 Å². The number of allylic oxidation sites excluding steroid dienone is 1. The van der Waals surface area contributed by atoms with Crippen LogP contribution in [0.5, 0.6) is 0 Å². The minimum Gasteiger partial charge on any atom is -0.384 e. The van der Waals surface area contributed by atoms with Crippen LogP contribution in [-0.2, 0) is 11.3 Å². The predicted molar refractivity (Wildman–Crippen MR) is 64.4 cm³/mol. The number of anilines is 1. The number of aromatic nitrogens is 2. The zero-order valence-electron chi connectivity index (χ0n) is 9.78. The zero-order valence-corrected chi connectivity index (χ0v) is 9.78. The molecule has 88 valence electrons. The molecule has 4 nitrogen and oxygen atoms in total. The van der Waals surface area contributed by atoms with Gasteiger partial charge in [0.05, 0.1) is 12.3 Å². The first-order valence-corrected chi connectivity index (χ1v) is 5.75. The van der Waals surface area contributed by atoms with E-state index in [1.54, 1.807) is 0 Å². The van der Waals surface area contributed by atoms with E-state index < -0.39 is 0 Å². The minimum atomic E-state index is 0.360. The Bertz CT molecular complexity index is 378. The van der Waals surface area contributed by atoms with E-state index in [1.807, 2.05) is 17.6 Å². The Hall–Kier alpha value is -1.29. The minimum absolute atomic E-state index is 0.360. The van der Waals surface area contributed by atoms with Crippen LogP contribution in [0.3, 0.4) is 0 Å².